The Bertz CT molecular complexity index is 690. The maximum atomic E-state index is 13.7. The topological polar surface area (TPSA) is 49.9 Å². The summed E-state index contributed by atoms with van der Waals surface area (Å²) in [6, 6.07) is 4.42. The third-order valence-corrected chi connectivity index (χ3v) is 5.23. The molecule has 0 radical (unpaired) electrons. The lowest BCUT2D eigenvalue weighted by Gasteiger charge is -2.26. The van der Waals surface area contributed by atoms with Crippen molar-refractivity contribution in [3.63, 3.8) is 0 Å². The molecule has 1 aromatic carbocycles. The molecule has 7 heteroatoms. The van der Waals surface area contributed by atoms with Crippen molar-refractivity contribution in [1.82, 2.24) is 9.80 Å². The standard InChI is InChI=1S/C18H22BrFN2O3/c1-18(2,3)25-17(24)22-9-12-7-21(8-13(12)10-22)16(23)11-4-5-14(19)15(20)6-11/h4-6,12-13H,7-10H2,1-3H3. The van der Waals surface area contributed by atoms with Gasteiger partial charge in [0.25, 0.3) is 5.91 Å². The molecule has 0 N–H and O–H groups in total. The number of benzene rings is 1. The van der Waals surface area contributed by atoms with E-state index in [9.17, 15) is 14.0 Å². The fourth-order valence-corrected chi connectivity index (χ4v) is 3.69. The molecule has 25 heavy (non-hydrogen) atoms. The summed E-state index contributed by atoms with van der Waals surface area (Å²) in [4.78, 5) is 28.2. The molecule has 2 unspecified atom stereocenters. The highest BCUT2D eigenvalue weighted by atomic mass is 79.9. The Labute approximate surface area is 155 Å². The molecular weight excluding hydrogens is 391 g/mol. The van der Waals surface area contributed by atoms with Crippen molar-refractivity contribution < 1.29 is 18.7 Å². The molecule has 0 spiro atoms. The van der Waals surface area contributed by atoms with Crippen molar-refractivity contribution in [2.24, 2.45) is 11.8 Å². The van der Waals surface area contributed by atoms with E-state index in [2.05, 4.69) is 15.9 Å². The van der Waals surface area contributed by atoms with Crippen molar-refractivity contribution in [2.75, 3.05) is 26.2 Å². The zero-order valence-corrected chi connectivity index (χ0v) is 16.2. The summed E-state index contributed by atoms with van der Waals surface area (Å²) in [5, 5.41) is 0. The third kappa shape index (κ3) is 3.97. The van der Waals surface area contributed by atoms with Crippen LogP contribution in [0.15, 0.2) is 22.7 Å². The number of carbonyl (C=O) groups is 2. The molecule has 0 saturated carbocycles. The Hall–Kier alpha value is -1.63. The van der Waals surface area contributed by atoms with E-state index in [1.165, 1.54) is 6.07 Å². The molecule has 1 aromatic rings. The smallest absolute Gasteiger partial charge is 0.410 e. The first-order valence-corrected chi connectivity index (χ1v) is 9.15. The normalized spacial score (nSPS) is 22.9. The predicted molar refractivity (Wildman–Crippen MR) is 94.8 cm³/mol. The zero-order chi connectivity index (χ0) is 18.4. The number of ether oxygens (including phenoxy) is 1. The average molecular weight is 413 g/mol. The molecule has 2 atom stereocenters. The van der Waals surface area contributed by atoms with E-state index in [4.69, 9.17) is 4.74 Å². The van der Waals surface area contributed by atoms with Crippen LogP contribution in [-0.2, 0) is 4.74 Å². The second kappa shape index (κ2) is 6.59. The quantitative estimate of drug-likeness (QED) is 0.708. The Balaban J connectivity index is 1.60. The van der Waals surface area contributed by atoms with Gasteiger partial charge in [-0.1, -0.05) is 0 Å². The van der Waals surface area contributed by atoms with Gasteiger partial charge >= 0.3 is 6.09 Å². The van der Waals surface area contributed by atoms with E-state index in [0.29, 0.717) is 36.2 Å². The lowest BCUT2D eigenvalue weighted by atomic mass is 10.0. The number of hydrogen-bond acceptors (Lipinski definition) is 3. The summed E-state index contributed by atoms with van der Waals surface area (Å²) in [7, 11) is 0. The molecule has 2 amide bonds. The van der Waals surface area contributed by atoms with Gasteiger partial charge in [0, 0.05) is 43.6 Å². The highest BCUT2D eigenvalue weighted by molar-refractivity contribution is 9.10. The van der Waals surface area contributed by atoms with Crippen LogP contribution in [0.1, 0.15) is 31.1 Å². The van der Waals surface area contributed by atoms with Crippen molar-refractivity contribution in [1.29, 1.82) is 0 Å². The van der Waals surface area contributed by atoms with E-state index < -0.39 is 11.4 Å². The highest BCUT2D eigenvalue weighted by Crippen LogP contribution is 2.33. The van der Waals surface area contributed by atoms with E-state index in [0.717, 1.165) is 0 Å². The van der Waals surface area contributed by atoms with Crippen molar-refractivity contribution in [3.8, 4) is 0 Å². The monoisotopic (exact) mass is 412 g/mol. The number of nitrogens with zero attached hydrogens (tertiary/aromatic N) is 2. The van der Waals surface area contributed by atoms with Crippen molar-refractivity contribution >= 4 is 27.9 Å². The first-order chi connectivity index (χ1) is 11.6. The van der Waals surface area contributed by atoms with Crippen LogP contribution < -0.4 is 0 Å². The van der Waals surface area contributed by atoms with Gasteiger partial charge in [0.05, 0.1) is 4.47 Å². The summed E-state index contributed by atoms with van der Waals surface area (Å²) in [5.41, 5.74) is -0.160. The van der Waals surface area contributed by atoms with Gasteiger partial charge in [-0.05, 0) is 54.9 Å². The number of rotatable bonds is 1. The van der Waals surface area contributed by atoms with Crippen LogP contribution in [0.5, 0.6) is 0 Å². The number of fused-ring (bicyclic) bond motifs is 1. The Morgan fingerprint density at radius 2 is 1.68 bits per heavy atom. The van der Waals surface area contributed by atoms with Gasteiger partial charge < -0.3 is 14.5 Å². The maximum Gasteiger partial charge on any atom is 0.410 e. The number of carbonyl (C=O) groups excluding carboxylic acids is 2. The SMILES string of the molecule is CC(C)(C)OC(=O)N1CC2CN(C(=O)c3ccc(Br)c(F)c3)CC2C1. The van der Waals surface area contributed by atoms with Gasteiger partial charge in [-0.15, -0.1) is 0 Å². The first-order valence-electron chi connectivity index (χ1n) is 8.36. The molecule has 3 rings (SSSR count). The zero-order valence-electron chi connectivity index (χ0n) is 14.6. The average Bonchev–Trinajstić information content (AvgIpc) is 3.06. The second-order valence-corrected chi connectivity index (χ2v) is 8.60. The van der Waals surface area contributed by atoms with Crippen LogP contribution in [0, 0.1) is 17.7 Å². The van der Waals surface area contributed by atoms with Gasteiger partial charge in [0.15, 0.2) is 0 Å². The second-order valence-electron chi connectivity index (χ2n) is 7.74. The summed E-state index contributed by atoms with van der Waals surface area (Å²) in [5.74, 6) is -0.112. The Kier molecular flexibility index (Phi) is 4.79. The van der Waals surface area contributed by atoms with Crippen LogP contribution in [0.4, 0.5) is 9.18 Å². The third-order valence-electron chi connectivity index (χ3n) is 4.59. The molecule has 2 aliphatic rings. The van der Waals surface area contributed by atoms with Crippen LogP contribution in [0.25, 0.3) is 0 Å². The van der Waals surface area contributed by atoms with E-state index in [-0.39, 0.29) is 23.8 Å². The van der Waals surface area contributed by atoms with E-state index in [1.54, 1.807) is 21.9 Å². The largest absolute Gasteiger partial charge is 0.444 e. The summed E-state index contributed by atoms with van der Waals surface area (Å²) in [6.07, 6.45) is -0.297. The predicted octanol–water partition coefficient (Wildman–Crippen LogP) is 3.53. The first kappa shape index (κ1) is 18.2. The Morgan fingerprint density at radius 1 is 1.12 bits per heavy atom. The van der Waals surface area contributed by atoms with E-state index in [1.807, 2.05) is 20.8 Å². The van der Waals surface area contributed by atoms with E-state index >= 15 is 0 Å². The van der Waals surface area contributed by atoms with Crippen molar-refractivity contribution in [2.45, 2.75) is 26.4 Å². The number of hydrogen-bond donors (Lipinski definition) is 0. The number of likely N-dealkylation sites (tertiary alicyclic amines) is 2. The van der Waals surface area contributed by atoms with Crippen LogP contribution >= 0.6 is 15.9 Å². The number of halogens is 2. The molecule has 2 fully saturated rings. The molecular formula is C18H22BrFN2O3. The molecule has 0 bridgehead atoms. The minimum Gasteiger partial charge on any atom is -0.444 e. The minimum atomic E-state index is -0.511. The highest BCUT2D eigenvalue weighted by Gasteiger charge is 2.44. The summed E-state index contributed by atoms with van der Waals surface area (Å²) < 4.78 is 19.4. The molecule has 5 nitrogen and oxygen atoms in total. The van der Waals surface area contributed by atoms with Crippen LogP contribution in [0.2, 0.25) is 0 Å². The summed E-state index contributed by atoms with van der Waals surface area (Å²) >= 11 is 3.09. The number of amides is 2. The Morgan fingerprint density at radius 3 is 2.20 bits per heavy atom. The molecule has 2 aliphatic heterocycles. The molecule has 136 valence electrons. The fraction of sp³-hybridized carbons (Fsp3) is 0.556. The molecule has 0 aromatic heterocycles. The molecule has 2 saturated heterocycles. The fourth-order valence-electron chi connectivity index (χ4n) is 3.45. The van der Waals surface area contributed by atoms with Gasteiger partial charge in [-0.25, -0.2) is 9.18 Å². The maximum absolute atomic E-state index is 13.7. The summed E-state index contributed by atoms with van der Waals surface area (Å²) in [6.45, 7) is 7.90. The van der Waals surface area contributed by atoms with Crippen LogP contribution in [-0.4, -0.2) is 53.6 Å². The molecule has 2 heterocycles. The van der Waals surface area contributed by atoms with Gasteiger partial charge in [-0.2, -0.15) is 0 Å². The molecule has 0 aliphatic carbocycles. The minimum absolute atomic E-state index is 0.162. The lowest BCUT2D eigenvalue weighted by molar-refractivity contribution is 0.0275. The van der Waals surface area contributed by atoms with Crippen LogP contribution in [0.3, 0.4) is 0 Å². The van der Waals surface area contributed by atoms with Gasteiger partial charge in [0.2, 0.25) is 0 Å². The van der Waals surface area contributed by atoms with Gasteiger partial charge in [0.1, 0.15) is 11.4 Å². The van der Waals surface area contributed by atoms with Gasteiger partial charge in [-0.3, -0.25) is 4.79 Å². The van der Waals surface area contributed by atoms with Crippen molar-refractivity contribution in [3.05, 3.63) is 34.1 Å². The lowest BCUT2D eigenvalue weighted by Crippen LogP contribution is -2.38.